The Bertz CT molecular complexity index is 500. The van der Waals surface area contributed by atoms with Crippen LogP contribution in [0.1, 0.15) is 26.7 Å². The molecule has 114 valence electrons. The van der Waals surface area contributed by atoms with Gasteiger partial charge in [0.15, 0.2) is 0 Å². The van der Waals surface area contributed by atoms with Gasteiger partial charge < -0.3 is 4.90 Å². The third kappa shape index (κ3) is 5.56. The molecule has 1 N–H and O–H groups in total. The first kappa shape index (κ1) is 17.1. The lowest BCUT2D eigenvalue weighted by molar-refractivity contribution is 0.268. The van der Waals surface area contributed by atoms with Gasteiger partial charge in [-0.25, -0.2) is 17.5 Å². The highest BCUT2D eigenvalue weighted by atomic mass is 32.2. The lowest BCUT2D eigenvalue weighted by Crippen LogP contribution is -2.29. The van der Waals surface area contributed by atoms with Crippen LogP contribution in [0, 0.1) is 5.82 Å². The van der Waals surface area contributed by atoms with Crippen molar-refractivity contribution in [3.8, 4) is 0 Å². The Morgan fingerprint density at radius 2 is 1.80 bits per heavy atom. The molecule has 0 saturated heterocycles. The van der Waals surface area contributed by atoms with Gasteiger partial charge >= 0.3 is 0 Å². The van der Waals surface area contributed by atoms with Crippen molar-refractivity contribution in [2.75, 3.05) is 20.1 Å². The molecule has 0 saturated carbocycles. The largest absolute Gasteiger partial charge is 0.304 e. The first-order valence-electron chi connectivity index (χ1n) is 6.78. The third-order valence-electron chi connectivity index (χ3n) is 3.24. The Balaban J connectivity index is 2.36. The minimum Gasteiger partial charge on any atom is -0.304 e. The van der Waals surface area contributed by atoms with Crippen molar-refractivity contribution < 1.29 is 12.8 Å². The summed E-state index contributed by atoms with van der Waals surface area (Å²) in [7, 11) is -1.48. The Kier molecular flexibility index (Phi) is 6.58. The Morgan fingerprint density at radius 1 is 1.20 bits per heavy atom. The van der Waals surface area contributed by atoms with Gasteiger partial charge in [0, 0.05) is 12.6 Å². The van der Waals surface area contributed by atoms with Gasteiger partial charge in [-0.05, 0) is 64.5 Å². The molecule has 1 aromatic carbocycles. The van der Waals surface area contributed by atoms with Gasteiger partial charge in [-0.15, -0.1) is 0 Å². The molecule has 4 nitrogen and oxygen atoms in total. The standard InChI is InChI=1S/C14H23FN2O2S/c1-12(2)17(3)11-5-4-10-16-20(18,19)14-8-6-13(15)7-9-14/h6-9,12,16H,4-5,10-11H2,1-3H3. The van der Waals surface area contributed by atoms with Crippen molar-refractivity contribution in [2.24, 2.45) is 0 Å². The van der Waals surface area contributed by atoms with Crippen molar-refractivity contribution in [2.45, 2.75) is 37.6 Å². The monoisotopic (exact) mass is 302 g/mol. The highest BCUT2D eigenvalue weighted by Crippen LogP contribution is 2.09. The first-order chi connectivity index (χ1) is 9.33. The highest BCUT2D eigenvalue weighted by molar-refractivity contribution is 7.89. The van der Waals surface area contributed by atoms with Gasteiger partial charge in [0.1, 0.15) is 5.82 Å². The van der Waals surface area contributed by atoms with E-state index >= 15 is 0 Å². The molecule has 0 atom stereocenters. The number of sulfonamides is 1. The summed E-state index contributed by atoms with van der Waals surface area (Å²) in [5.41, 5.74) is 0. The number of unbranched alkanes of at least 4 members (excludes halogenated alkanes) is 1. The maximum absolute atomic E-state index is 12.7. The summed E-state index contributed by atoms with van der Waals surface area (Å²) in [6.45, 7) is 5.58. The second-order valence-corrected chi connectivity index (χ2v) is 6.90. The summed E-state index contributed by atoms with van der Waals surface area (Å²) in [5, 5.41) is 0. The summed E-state index contributed by atoms with van der Waals surface area (Å²) in [6.07, 6.45) is 1.71. The average Bonchev–Trinajstić information content (AvgIpc) is 2.38. The van der Waals surface area contributed by atoms with E-state index in [0.29, 0.717) is 12.6 Å². The lowest BCUT2D eigenvalue weighted by Gasteiger charge is -2.20. The zero-order valence-corrected chi connectivity index (χ0v) is 13.1. The quantitative estimate of drug-likeness (QED) is 0.749. The van der Waals surface area contributed by atoms with Gasteiger partial charge in [-0.2, -0.15) is 0 Å². The number of hydrogen-bond acceptors (Lipinski definition) is 3. The van der Waals surface area contributed by atoms with E-state index in [1.165, 1.54) is 12.1 Å². The van der Waals surface area contributed by atoms with Crippen molar-refractivity contribution in [1.29, 1.82) is 0 Å². The fraction of sp³-hybridized carbons (Fsp3) is 0.571. The van der Waals surface area contributed by atoms with E-state index in [-0.39, 0.29) is 4.90 Å². The van der Waals surface area contributed by atoms with Crippen molar-refractivity contribution in [3.05, 3.63) is 30.1 Å². The number of nitrogens with one attached hydrogen (secondary N) is 1. The molecular weight excluding hydrogens is 279 g/mol. The van der Waals surface area contributed by atoms with Crippen LogP contribution < -0.4 is 4.72 Å². The van der Waals surface area contributed by atoms with E-state index in [9.17, 15) is 12.8 Å². The Morgan fingerprint density at radius 3 is 2.35 bits per heavy atom. The zero-order chi connectivity index (χ0) is 15.2. The zero-order valence-electron chi connectivity index (χ0n) is 12.3. The average molecular weight is 302 g/mol. The molecule has 0 aliphatic carbocycles. The van der Waals surface area contributed by atoms with Crippen molar-refractivity contribution >= 4 is 10.0 Å². The molecule has 0 aromatic heterocycles. The molecule has 6 heteroatoms. The number of hydrogen-bond donors (Lipinski definition) is 1. The Labute approximate surface area is 121 Å². The summed E-state index contributed by atoms with van der Waals surface area (Å²) in [6, 6.07) is 5.32. The van der Waals surface area contributed by atoms with Crippen LogP contribution in [0.5, 0.6) is 0 Å². The minimum absolute atomic E-state index is 0.0956. The Hall–Kier alpha value is -0.980. The van der Waals surface area contributed by atoms with Crippen LogP contribution in [0.3, 0.4) is 0 Å². The highest BCUT2D eigenvalue weighted by Gasteiger charge is 2.12. The van der Waals surface area contributed by atoms with Crippen LogP contribution in [-0.2, 0) is 10.0 Å². The van der Waals surface area contributed by atoms with E-state index in [1.807, 2.05) is 7.05 Å². The molecule has 20 heavy (non-hydrogen) atoms. The predicted octanol–water partition coefficient (Wildman–Crippen LogP) is 2.22. The van der Waals surface area contributed by atoms with Crippen LogP contribution >= 0.6 is 0 Å². The minimum atomic E-state index is -3.52. The molecule has 0 amide bonds. The van der Waals surface area contributed by atoms with Gasteiger partial charge in [0.05, 0.1) is 4.90 Å². The number of halogens is 1. The summed E-state index contributed by atoms with van der Waals surface area (Å²) in [4.78, 5) is 2.31. The van der Waals surface area contributed by atoms with Crippen LogP contribution in [0.4, 0.5) is 4.39 Å². The van der Waals surface area contributed by atoms with Gasteiger partial charge in [-0.3, -0.25) is 0 Å². The topological polar surface area (TPSA) is 49.4 Å². The van der Waals surface area contributed by atoms with Crippen LogP contribution in [0.15, 0.2) is 29.2 Å². The van der Waals surface area contributed by atoms with Crippen LogP contribution in [-0.4, -0.2) is 39.5 Å². The second-order valence-electron chi connectivity index (χ2n) is 5.13. The molecule has 1 aromatic rings. The molecule has 0 fully saturated rings. The fourth-order valence-electron chi connectivity index (χ4n) is 1.65. The van der Waals surface area contributed by atoms with Gasteiger partial charge in [-0.1, -0.05) is 0 Å². The molecular formula is C14H23FN2O2S. The van der Waals surface area contributed by atoms with Crippen LogP contribution in [0.25, 0.3) is 0 Å². The molecule has 0 unspecified atom stereocenters. The summed E-state index contributed by atoms with van der Waals surface area (Å²) >= 11 is 0. The maximum Gasteiger partial charge on any atom is 0.240 e. The molecule has 0 aliphatic rings. The van der Waals surface area contributed by atoms with Crippen molar-refractivity contribution in [3.63, 3.8) is 0 Å². The molecule has 0 heterocycles. The van der Waals surface area contributed by atoms with Gasteiger partial charge in [0.2, 0.25) is 10.0 Å². The SMILES string of the molecule is CC(C)N(C)CCCCNS(=O)(=O)c1ccc(F)cc1. The fourth-order valence-corrected chi connectivity index (χ4v) is 2.72. The van der Waals surface area contributed by atoms with Crippen molar-refractivity contribution in [1.82, 2.24) is 9.62 Å². The predicted molar refractivity (Wildman–Crippen MR) is 78.6 cm³/mol. The smallest absolute Gasteiger partial charge is 0.240 e. The first-order valence-corrected chi connectivity index (χ1v) is 8.26. The molecule has 1 rings (SSSR count). The van der Waals surface area contributed by atoms with E-state index in [4.69, 9.17) is 0 Å². The number of rotatable bonds is 8. The normalized spacial score (nSPS) is 12.3. The number of benzene rings is 1. The summed E-state index contributed by atoms with van der Waals surface area (Å²) in [5.74, 6) is -0.444. The maximum atomic E-state index is 12.7. The van der Waals surface area contributed by atoms with E-state index in [0.717, 1.165) is 31.5 Å². The lowest BCUT2D eigenvalue weighted by atomic mass is 10.2. The molecule has 0 radical (unpaired) electrons. The summed E-state index contributed by atoms with van der Waals surface area (Å²) < 4.78 is 39.1. The third-order valence-corrected chi connectivity index (χ3v) is 4.71. The number of nitrogens with zero attached hydrogens (tertiary/aromatic N) is 1. The van der Waals surface area contributed by atoms with Crippen LogP contribution in [0.2, 0.25) is 0 Å². The van der Waals surface area contributed by atoms with E-state index < -0.39 is 15.8 Å². The molecule has 0 aliphatic heterocycles. The molecule has 0 bridgehead atoms. The molecule has 0 spiro atoms. The van der Waals surface area contributed by atoms with Gasteiger partial charge in [0.25, 0.3) is 0 Å². The van der Waals surface area contributed by atoms with E-state index in [2.05, 4.69) is 23.5 Å². The van der Waals surface area contributed by atoms with E-state index in [1.54, 1.807) is 0 Å². The second kappa shape index (κ2) is 7.71.